The lowest BCUT2D eigenvalue weighted by molar-refractivity contribution is 0.0941. The molecule has 27 heavy (non-hydrogen) atoms. The molecular formula is C20H28FN3O2S. The lowest BCUT2D eigenvalue weighted by Crippen LogP contribution is -2.27. The number of aromatic nitrogens is 2. The van der Waals surface area contributed by atoms with Crippen molar-refractivity contribution in [3.05, 3.63) is 41.8 Å². The summed E-state index contributed by atoms with van der Waals surface area (Å²) in [6.07, 6.45) is 5.59. The first-order valence-corrected chi connectivity index (χ1v) is 10.1. The highest BCUT2D eigenvalue weighted by molar-refractivity contribution is 7.80. The Kier molecular flexibility index (Phi) is 9.35. The quantitative estimate of drug-likeness (QED) is 0.381. The van der Waals surface area contributed by atoms with Crippen molar-refractivity contribution in [1.82, 2.24) is 15.1 Å². The Hall–Kier alpha value is -1.86. The predicted octanol–water partition coefficient (Wildman–Crippen LogP) is 3.68. The standard InChI is InChI=1S/C20H28FN3O2S/c21-17-9-7-16(8-10-17)18-15-19(24(23-18)12-4-5-13-25)20(26)22-11-3-1-2-6-14-27/h7-10,15,25,27H,1-6,11-14H2,(H,22,26). The molecule has 1 heterocycles. The summed E-state index contributed by atoms with van der Waals surface area (Å²) in [6, 6.07) is 7.80. The van der Waals surface area contributed by atoms with Gasteiger partial charge in [0.15, 0.2) is 0 Å². The maximum absolute atomic E-state index is 13.2. The van der Waals surface area contributed by atoms with E-state index in [1.54, 1.807) is 22.9 Å². The molecule has 0 unspecified atom stereocenters. The van der Waals surface area contributed by atoms with Gasteiger partial charge in [0.1, 0.15) is 11.5 Å². The van der Waals surface area contributed by atoms with Crippen LogP contribution in [0.5, 0.6) is 0 Å². The highest BCUT2D eigenvalue weighted by atomic mass is 32.1. The van der Waals surface area contributed by atoms with Crippen molar-refractivity contribution >= 4 is 18.5 Å². The number of hydrogen-bond acceptors (Lipinski definition) is 4. The Labute approximate surface area is 165 Å². The van der Waals surface area contributed by atoms with E-state index in [1.807, 2.05) is 0 Å². The summed E-state index contributed by atoms with van der Waals surface area (Å²) in [6.45, 7) is 1.28. The largest absolute Gasteiger partial charge is 0.396 e. The number of amides is 1. The number of carbonyl (C=O) groups is 1. The fraction of sp³-hybridized carbons (Fsp3) is 0.500. The third-order valence-electron chi connectivity index (χ3n) is 4.30. The number of thiol groups is 1. The SMILES string of the molecule is O=C(NCCCCCCS)c1cc(-c2ccc(F)cc2)nn1CCCCO. The van der Waals surface area contributed by atoms with Crippen LogP contribution in [0.2, 0.25) is 0 Å². The summed E-state index contributed by atoms with van der Waals surface area (Å²) in [7, 11) is 0. The molecule has 0 aliphatic carbocycles. The second-order valence-corrected chi connectivity index (χ2v) is 6.92. The van der Waals surface area contributed by atoms with E-state index in [1.165, 1.54) is 12.1 Å². The summed E-state index contributed by atoms with van der Waals surface area (Å²) < 4.78 is 14.8. The number of unbranched alkanes of at least 4 members (excludes halogenated alkanes) is 4. The molecule has 148 valence electrons. The second kappa shape index (κ2) is 11.8. The number of hydrogen-bond donors (Lipinski definition) is 3. The molecule has 2 rings (SSSR count). The van der Waals surface area contributed by atoms with E-state index in [-0.39, 0.29) is 18.3 Å². The number of carbonyl (C=O) groups excluding carboxylic acids is 1. The Morgan fingerprint density at radius 2 is 1.85 bits per heavy atom. The average molecular weight is 394 g/mol. The normalized spacial score (nSPS) is 10.9. The van der Waals surface area contributed by atoms with Gasteiger partial charge in [-0.1, -0.05) is 12.8 Å². The van der Waals surface area contributed by atoms with Crippen molar-refractivity contribution in [3.8, 4) is 11.3 Å². The van der Waals surface area contributed by atoms with Crippen LogP contribution in [-0.2, 0) is 6.54 Å². The lowest BCUT2D eigenvalue weighted by atomic mass is 10.1. The van der Waals surface area contributed by atoms with Crippen molar-refractivity contribution in [2.24, 2.45) is 0 Å². The molecule has 0 saturated heterocycles. The zero-order chi connectivity index (χ0) is 19.5. The number of halogens is 1. The summed E-state index contributed by atoms with van der Waals surface area (Å²) in [4.78, 5) is 12.6. The summed E-state index contributed by atoms with van der Waals surface area (Å²) in [5.74, 6) is 0.428. The minimum atomic E-state index is -0.308. The summed E-state index contributed by atoms with van der Waals surface area (Å²) in [5, 5.41) is 16.5. The van der Waals surface area contributed by atoms with Gasteiger partial charge in [0.25, 0.3) is 5.91 Å². The molecular weight excluding hydrogens is 365 g/mol. The molecule has 0 bridgehead atoms. The van der Waals surface area contributed by atoms with Crippen LogP contribution in [0.25, 0.3) is 11.3 Å². The molecule has 2 N–H and O–H groups in total. The summed E-state index contributed by atoms with van der Waals surface area (Å²) in [5.41, 5.74) is 1.89. The first kappa shape index (κ1) is 21.4. The van der Waals surface area contributed by atoms with Crippen LogP contribution in [0.3, 0.4) is 0 Å². The maximum atomic E-state index is 13.2. The van der Waals surface area contributed by atoms with Gasteiger partial charge in [0.05, 0.1) is 5.69 Å². The van der Waals surface area contributed by atoms with Crippen LogP contribution in [0.4, 0.5) is 4.39 Å². The zero-order valence-electron chi connectivity index (χ0n) is 15.5. The maximum Gasteiger partial charge on any atom is 0.269 e. The third kappa shape index (κ3) is 6.99. The van der Waals surface area contributed by atoms with E-state index in [9.17, 15) is 9.18 Å². The van der Waals surface area contributed by atoms with E-state index in [2.05, 4.69) is 23.0 Å². The smallest absolute Gasteiger partial charge is 0.269 e. The molecule has 2 aromatic rings. The molecule has 1 aromatic carbocycles. The van der Waals surface area contributed by atoms with Gasteiger partial charge in [-0.3, -0.25) is 9.48 Å². The molecule has 7 heteroatoms. The topological polar surface area (TPSA) is 67.2 Å². The van der Waals surface area contributed by atoms with Gasteiger partial charge in [0, 0.05) is 25.3 Å². The van der Waals surface area contributed by atoms with Crippen LogP contribution in [-0.4, -0.2) is 39.7 Å². The van der Waals surface area contributed by atoms with Gasteiger partial charge >= 0.3 is 0 Å². The van der Waals surface area contributed by atoms with E-state index >= 15 is 0 Å². The van der Waals surface area contributed by atoms with E-state index in [4.69, 9.17) is 5.11 Å². The molecule has 1 aromatic heterocycles. The summed E-state index contributed by atoms with van der Waals surface area (Å²) >= 11 is 4.19. The van der Waals surface area contributed by atoms with Gasteiger partial charge < -0.3 is 10.4 Å². The van der Waals surface area contributed by atoms with E-state index in [0.29, 0.717) is 30.9 Å². The average Bonchev–Trinajstić information content (AvgIpc) is 3.09. The van der Waals surface area contributed by atoms with E-state index in [0.717, 1.165) is 43.4 Å². The molecule has 0 radical (unpaired) electrons. The van der Waals surface area contributed by atoms with Gasteiger partial charge in [-0.25, -0.2) is 4.39 Å². The second-order valence-electron chi connectivity index (χ2n) is 6.47. The lowest BCUT2D eigenvalue weighted by Gasteiger charge is -2.08. The monoisotopic (exact) mass is 393 g/mol. The number of rotatable bonds is 12. The van der Waals surface area contributed by atoms with Crippen molar-refractivity contribution in [1.29, 1.82) is 0 Å². The van der Waals surface area contributed by atoms with Crippen LogP contribution in [0, 0.1) is 5.82 Å². The Balaban J connectivity index is 2.05. The number of nitrogens with zero attached hydrogens (tertiary/aromatic N) is 2. The molecule has 0 atom stereocenters. The Morgan fingerprint density at radius 3 is 2.56 bits per heavy atom. The highest BCUT2D eigenvalue weighted by Crippen LogP contribution is 2.20. The molecule has 5 nitrogen and oxygen atoms in total. The van der Waals surface area contributed by atoms with Crippen molar-refractivity contribution < 1.29 is 14.3 Å². The van der Waals surface area contributed by atoms with E-state index < -0.39 is 0 Å². The Bertz CT molecular complexity index is 704. The fourth-order valence-corrected chi connectivity index (χ4v) is 3.01. The van der Waals surface area contributed by atoms with Gasteiger partial charge in [-0.15, -0.1) is 0 Å². The Morgan fingerprint density at radius 1 is 1.11 bits per heavy atom. The van der Waals surface area contributed by atoms with Gasteiger partial charge in [-0.05, 0) is 61.8 Å². The molecule has 0 aliphatic heterocycles. The predicted molar refractivity (Wildman–Crippen MR) is 109 cm³/mol. The molecule has 0 aliphatic rings. The van der Waals surface area contributed by atoms with Crippen molar-refractivity contribution in [2.45, 2.75) is 45.1 Å². The van der Waals surface area contributed by atoms with Crippen molar-refractivity contribution in [3.63, 3.8) is 0 Å². The van der Waals surface area contributed by atoms with Crippen LogP contribution >= 0.6 is 12.6 Å². The minimum Gasteiger partial charge on any atom is -0.396 e. The van der Waals surface area contributed by atoms with Crippen LogP contribution in [0.15, 0.2) is 30.3 Å². The first-order valence-electron chi connectivity index (χ1n) is 9.49. The highest BCUT2D eigenvalue weighted by Gasteiger charge is 2.16. The van der Waals surface area contributed by atoms with Crippen LogP contribution < -0.4 is 5.32 Å². The zero-order valence-corrected chi connectivity index (χ0v) is 16.4. The van der Waals surface area contributed by atoms with Crippen molar-refractivity contribution in [2.75, 3.05) is 18.9 Å². The number of aliphatic hydroxyl groups is 1. The molecule has 0 spiro atoms. The third-order valence-corrected chi connectivity index (χ3v) is 4.62. The number of aliphatic hydroxyl groups excluding tert-OH is 1. The number of benzene rings is 1. The number of aryl methyl sites for hydroxylation is 1. The van der Waals surface area contributed by atoms with Crippen LogP contribution in [0.1, 0.15) is 49.0 Å². The van der Waals surface area contributed by atoms with Gasteiger partial charge in [0.2, 0.25) is 0 Å². The number of nitrogens with one attached hydrogen (secondary N) is 1. The fourth-order valence-electron chi connectivity index (χ4n) is 2.79. The minimum absolute atomic E-state index is 0.111. The molecule has 0 saturated carbocycles. The molecule has 0 fully saturated rings. The van der Waals surface area contributed by atoms with Gasteiger partial charge in [-0.2, -0.15) is 17.7 Å². The molecule has 1 amide bonds. The first-order chi connectivity index (χ1) is 13.2.